The Bertz CT molecular complexity index is 1310. The summed E-state index contributed by atoms with van der Waals surface area (Å²) >= 11 is 0. The van der Waals surface area contributed by atoms with Crippen LogP contribution in [0.25, 0.3) is 0 Å². The van der Waals surface area contributed by atoms with Gasteiger partial charge in [0.15, 0.2) is 0 Å². The summed E-state index contributed by atoms with van der Waals surface area (Å²) in [4.78, 5) is 15.9. The number of anilines is 1. The first-order valence-electron chi connectivity index (χ1n) is 11.4. The molecule has 3 aromatic rings. The zero-order valence-corrected chi connectivity index (χ0v) is 20.5. The van der Waals surface area contributed by atoms with Crippen LogP contribution in [0.4, 0.5) is 5.69 Å². The maximum atomic E-state index is 13.6. The van der Waals surface area contributed by atoms with Gasteiger partial charge in [0, 0.05) is 18.0 Å². The lowest BCUT2D eigenvalue weighted by molar-refractivity contribution is -0.119. The van der Waals surface area contributed by atoms with Gasteiger partial charge < -0.3 is 10.4 Å². The molecular weight excluding hydrogens is 462 g/mol. The fourth-order valence-corrected chi connectivity index (χ4v) is 5.32. The Morgan fingerprint density at radius 1 is 0.971 bits per heavy atom. The number of benzene rings is 3. The maximum Gasteiger partial charge on any atom is 0.276 e. The number of hydrogen-bond donors (Lipinski definition) is 3. The molecule has 0 aromatic heterocycles. The smallest absolute Gasteiger partial charge is 0.276 e. The number of hydrazone groups is 1. The van der Waals surface area contributed by atoms with Crippen LogP contribution < -0.4 is 10.1 Å². The van der Waals surface area contributed by atoms with Gasteiger partial charge in [-0.25, -0.2) is 4.83 Å². The highest BCUT2D eigenvalue weighted by Crippen LogP contribution is 2.41. The van der Waals surface area contributed by atoms with Crippen LogP contribution >= 0.6 is 0 Å². The molecule has 4 rings (SSSR count). The first kappa shape index (κ1) is 24.6. The van der Waals surface area contributed by atoms with Crippen LogP contribution in [0.2, 0.25) is 0 Å². The van der Waals surface area contributed by atoms with Crippen LogP contribution in [0.5, 0.6) is 0 Å². The molecule has 3 atom stereocenters. The lowest BCUT2D eigenvalue weighted by atomic mass is 9.68. The van der Waals surface area contributed by atoms with Crippen molar-refractivity contribution in [3.05, 3.63) is 96.1 Å². The molecule has 0 saturated heterocycles. The minimum Gasteiger partial charge on any atom is -0.390 e. The predicted octanol–water partition coefficient (Wildman–Crippen LogP) is 4.21. The minimum absolute atomic E-state index is 0.0552. The third-order valence-electron chi connectivity index (χ3n) is 6.18. The molecule has 3 N–H and O–H groups in total. The van der Waals surface area contributed by atoms with Crippen molar-refractivity contribution in [2.24, 2.45) is 11.0 Å². The standard InChI is InChI=1S/C27H29N3O4S/c1-19-13-15-22(16-14-19)35(33,34)30-29-24-18-27(2,32)17-23(20-9-5-3-6-10-20)25(24)26(31)28-21-11-7-4-8-12-21/h3-16,23,25,30,32H,17-18H2,1-2H3,(H,28,31)/b29-24-/t23-,25-,27-/m0/s1. The number of amides is 1. The molecule has 1 aliphatic rings. The fourth-order valence-electron chi connectivity index (χ4n) is 4.48. The molecule has 0 spiro atoms. The second-order valence-corrected chi connectivity index (χ2v) is 10.9. The number of rotatable bonds is 6. The first-order valence-corrected chi connectivity index (χ1v) is 12.9. The number of hydrogen-bond acceptors (Lipinski definition) is 5. The summed E-state index contributed by atoms with van der Waals surface area (Å²) < 4.78 is 25.8. The van der Waals surface area contributed by atoms with E-state index in [9.17, 15) is 18.3 Å². The molecule has 0 radical (unpaired) electrons. The lowest BCUT2D eigenvalue weighted by Gasteiger charge is -2.40. The maximum absolute atomic E-state index is 13.6. The number of sulfonamides is 1. The molecule has 8 heteroatoms. The van der Waals surface area contributed by atoms with Crippen molar-refractivity contribution in [2.75, 3.05) is 5.32 Å². The van der Waals surface area contributed by atoms with E-state index < -0.39 is 27.5 Å². The molecule has 7 nitrogen and oxygen atoms in total. The highest BCUT2D eigenvalue weighted by Gasteiger charge is 2.45. The molecule has 1 fully saturated rings. The van der Waals surface area contributed by atoms with Crippen molar-refractivity contribution in [1.82, 2.24) is 4.83 Å². The van der Waals surface area contributed by atoms with Gasteiger partial charge in [-0.05, 0) is 50.1 Å². The number of aliphatic hydroxyl groups is 1. The van der Waals surface area contributed by atoms with Gasteiger partial charge in [-0.2, -0.15) is 13.5 Å². The Kier molecular flexibility index (Phi) is 7.05. The van der Waals surface area contributed by atoms with E-state index in [2.05, 4.69) is 15.2 Å². The van der Waals surface area contributed by atoms with E-state index in [0.717, 1.165) is 11.1 Å². The third-order valence-corrected chi connectivity index (χ3v) is 7.40. The molecular formula is C27H29N3O4S. The molecule has 1 aliphatic carbocycles. The molecule has 35 heavy (non-hydrogen) atoms. The van der Waals surface area contributed by atoms with Gasteiger partial charge in [0.25, 0.3) is 10.0 Å². The normalized spacial score (nSPS) is 23.6. The van der Waals surface area contributed by atoms with Crippen LogP contribution in [0.15, 0.2) is 94.9 Å². The van der Waals surface area contributed by atoms with Crippen LogP contribution in [-0.4, -0.2) is 30.7 Å². The van der Waals surface area contributed by atoms with E-state index in [1.165, 1.54) is 12.1 Å². The number of carbonyl (C=O) groups is 1. The molecule has 0 bridgehead atoms. The van der Waals surface area contributed by atoms with Crippen LogP contribution in [0, 0.1) is 12.8 Å². The van der Waals surface area contributed by atoms with Gasteiger partial charge >= 0.3 is 0 Å². The van der Waals surface area contributed by atoms with Crippen molar-refractivity contribution < 1.29 is 18.3 Å². The summed E-state index contributed by atoms with van der Waals surface area (Å²) in [6.45, 7) is 3.55. The molecule has 0 aliphatic heterocycles. The average Bonchev–Trinajstić information content (AvgIpc) is 2.83. The van der Waals surface area contributed by atoms with E-state index >= 15 is 0 Å². The van der Waals surface area contributed by atoms with Gasteiger partial charge in [-0.1, -0.05) is 66.2 Å². The Morgan fingerprint density at radius 2 is 1.57 bits per heavy atom. The Labute approximate surface area is 206 Å². The molecule has 0 heterocycles. The number of carbonyl (C=O) groups excluding carboxylic acids is 1. The first-order chi connectivity index (χ1) is 16.6. The van der Waals surface area contributed by atoms with E-state index in [1.54, 1.807) is 31.2 Å². The van der Waals surface area contributed by atoms with Gasteiger partial charge in [0.2, 0.25) is 5.91 Å². The number of para-hydroxylation sites is 1. The zero-order valence-electron chi connectivity index (χ0n) is 19.7. The van der Waals surface area contributed by atoms with E-state index in [-0.39, 0.29) is 22.9 Å². The van der Waals surface area contributed by atoms with E-state index in [4.69, 9.17) is 0 Å². The van der Waals surface area contributed by atoms with Gasteiger partial charge in [0.1, 0.15) is 0 Å². The third kappa shape index (κ3) is 5.96. The van der Waals surface area contributed by atoms with Crippen molar-refractivity contribution >= 4 is 27.3 Å². The highest BCUT2D eigenvalue weighted by atomic mass is 32.2. The largest absolute Gasteiger partial charge is 0.390 e. The second-order valence-electron chi connectivity index (χ2n) is 9.24. The quantitative estimate of drug-likeness (QED) is 0.449. The topological polar surface area (TPSA) is 108 Å². The SMILES string of the molecule is Cc1ccc(S(=O)(=O)N/N=C2/C[C@@](C)(O)C[C@@H](c3ccccc3)[C@@H]2C(=O)Nc2ccccc2)cc1. The molecule has 1 saturated carbocycles. The monoisotopic (exact) mass is 491 g/mol. The summed E-state index contributed by atoms with van der Waals surface area (Å²) in [6.07, 6.45) is 0.382. The Hall–Kier alpha value is -3.49. The van der Waals surface area contributed by atoms with Crippen molar-refractivity contribution in [1.29, 1.82) is 0 Å². The lowest BCUT2D eigenvalue weighted by Crippen LogP contribution is -2.47. The van der Waals surface area contributed by atoms with E-state index in [1.807, 2.05) is 55.5 Å². The van der Waals surface area contributed by atoms with Gasteiger partial charge in [-0.3, -0.25) is 4.79 Å². The van der Waals surface area contributed by atoms with Crippen molar-refractivity contribution in [3.8, 4) is 0 Å². The number of nitrogens with one attached hydrogen (secondary N) is 2. The predicted molar refractivity (Wildman–Crippen MR) is 137 cm³/mol. The molecule has 182 valence electrons. The van der Waals surface area contributed by atoms with Crippen LogP contribution in [0.1, 0.15) is 36.8 Å². The Balaban J connectivity index is 1.72. The fraction of sp³-hybridized carbons (Fsp3) is 0.259. The number of aryl methyl sites for hydroxylation is 1. The van der Waals surface area contributed by atoms with Crippen molar-refractivity contribution in [3.63, 3.8) is 0 Å². The summed E-state index contributed by atoms with van der Waals surface area (Å²) in [5.74, 6) is -1.49. The zero-order chi connectivity index (χ0) is 25.1. The summed E-state index contributed by atoms with van der Waals surface area (Å²) in [5, 5.41) is 18.2. The highest BCUT2D eigenvalue weighted by molar-refractivity contribution is 7.89. The molecule has 0 unspecified atom stereocenters. The van der Waals surface area contributed by atoms with E-state index in [0.29, 0.717) is 12.1 Å². The van der Waals surface area contributed by atoms with Crippen LogP contribution in [0.3, 0.4) is 0 Å². The Morgan fingerprint density at radius 3 is 2.20 bits per heavy atom. The molecule has 1 amide bonds. The summed E-state index contributed by atoms with van der Waals surface area (Å²) in [5.41, 5.74) is 1.54. The van der Waals surface area contributed by atoms with Gasteiger partial charge in [-0.15, -0.1) is 0 Å². The van der Waals surface area contributed by atoms with Gasteiger partial charge in [0.05, 0.1) is 22.1 Å². The van der Waals surface area contributed by atoms with Crippen molar-refractivity contribution in [2.45, 2.75) is 43.1 Å². The number of nitrogens with zero attached hydrogens (tertiary/aromatic N) is 1. The summed E-state index contributed by atoms with van der Waals surface area (Å²) in [7, 11) is -3.95. The average molecular weight is 492 g/mol. The summed E-state index contributed by atoms with van der Waals surface area (Å²) in [6, 6.07) is 24.9. The second kappa shape index (κ2) is 10.0. The van der Waals surface area contributed by atoms with Crippen LogP contribution in [-0.2, 0) is 14.8 Å². The minimum atomic E-state index is -3.95. The molecule has 3 aromatic carbocycles.